The number of sulfone groups is 1. The minimum atomic E-state index is -3.69. The molecule has 0 spiro atoms. The number of nitrogens with zero attached hydrogens (tertiary/aromatic N) is 1. The molecule has 7 nitrogen and oxygen atoms in total. The van der Waals surface area contributed by atoms with Crippen molar-refractivity contribution in [3.05, 3.63) is 64.0 Å². The smallest absolute Gasteiger partial charge is 0.271 e. The van der Waals surface area contributed by atoms with Gasteiger partial charge >= 0.3 is 0 Å². The van der Waals surface area contributed by atoms with Crippen LogP contribution in [0, 0.1) is 15.9 Å². The van der Waals surface area contributed by atoms with Gasteiger partial charge in [0, 0.05) is 35.4 Å². The second kappa shape index (κ2) is 8.96. The first-order chi connectivity index (χ1) is 12.7. The molecular formula is C17H17FN2O5S2. The summed E-state index contributed by atoms with van der Waals surface area (Å²) in [6, 6.07) is 9.13. The van der Waals surface area contributed by atoms with Gasteiger partial charge in [0.15, 0.2) is 9.84 Å². The van der Waals surface area contributed by atoms with Gasteiger partial charge in [-0.05, 0) is 42.5 Å². The fourth-order valence-electron chi connectivity index (χ4n) is 2.13. The lowest BCUT2D eigenvalue weighted by molar-refractivity contribution is -0.385. The third-order valence-electron chi connectivity index (χ3n) is 3.48. The quantitative estimate of drug-likeness (QED) is 0.309. The van der Waals surface area contributed by atoms with Gasteiger partial charge in [0.05, 0.1) is 9.82 Å². The molecule has 0 atom stereocenters. The summed E-state index contributed by atoms with van der Waals surface area (Å²) in [6.07, 6.45) is 1.53. The van der Waals surface area contributed by atoms with E-state index < -0.39 is 26.4 Å². The Morgan fingerprint density at radius 2 is 1.89 bits per heavy atom. The van der Waals surface area contributed by atoms with Gasteiger partial charge in [0.2, 0.25) is 0 Å². The Morgan fingerprint density at radius 3 is 2.48 bits per heavy atom. The summed E-state index contributed by atoms with van der Waals surface area (Å²) in [5.41, 5.74) is -0.550. The molecule has 1 N–H and O–H groups in total. The molecule has 0 aliphatic carbocycles. The van der Waals surface area contributed by atoms with Crippen molar-refractivity contribution >= 4 is 33.2 Å². The molecule has 0 saturated heterocycles. The zero-order valence-corrected chi connectivity index (χ0v) is 16.0. The van der Waals surface area contributed by atoms with Crippen LogP contribution < -0.4 is 5.32 Å². The highest BCUT2D eigenvalue weighted by atomic mass is 32.2. The number of benzene rings is 2. The molecule has 1 amide bonds. The largest absolute Gasteiger partial charge is 0.352 e. The van der Waals surface area contributed by atoms with Crippen LogP contribution in [0.5, 0.6) is 0 Å². The SMILES string of the molecule is CS(=O)(=O)c1cc(C(=O)NCCCSc2ccc(F)cc2)cc([N+](=O)[O-])c1. The van der Waals surface area contributed by atoms with E-state index in [4.69, 9.17) is 0 Å². The van der Waals surface area contributed by atoms with Crippen molar-refractivity contribution in [2.24, 2.45) is 0 Å². The predicted molar refractivity (Wildman–Crippen MR) is 100 cm³/mol. The average molecular weight is 412 g/mol. The molecule has 27 heavy (non-hydrogen) atoms. The Labute approximate surface area is 160 Å². The average Bonchev–Trinajstić information content (AvgIpc) is 2.61. The Kier molecular flexibility index (Phi) is 6.92. The van der Waals surface area contributed by atoms with E-state index in [-0.39, 0.29) is 16.3 Å². The highest BCUT2D eigenvalue weighted by Crippen LogP contribution is 2.21. The van der Waals surface area contributed by atoms with E-state index >= 15 is 0 Å². The van der Waals surface area contributed by atoms with Gasteiger partial charge in [-0.25, -0.2) is 12.8 Å². The molecule has 0 bridgehead atoms. The molecule has 0 aromatic heterocycles. The van der Waals surface area contributed by atoms with E-state index in [1.165, 1.54) is 23.9 Å². The van der Waals surface area contributed by atoms with Crippen LogP contribution in [0.1, 0.15) is 16.8 Å². The van der Waals surface area contributed by atoms with Gasteiger partial charge in [-0.3, -0.25) is 14.9 Å². The number of non-ortho nitro benzene ring substituents is 1. The van der Waals surface area contributed by atoms with E-state index in [1.54, 1.807) is 12.1 Å². The first kappa shape index (κ1) is 20.8. The summed E-state index contributed by atoms with van der Waals surface area (Å²) in [4.78, 5) is 23.0. The molecular weight excluding hydrogens is 395 g/mol. The minimum absolute atomic E-state index is 0.0872. The van der Waals surface area contributed by atoms with Gasteiger partial charge in [0.1, 0.15) is 5.82 Å². The monoisotopic (exact) mass is 412 g/mol. The number of carbonyl (C=O) groups excluding carboxylic acids is 1. The third kappa shape index (κ3) is 6.33. The van der Waals surface area contributed by atoms with Crippen LogP contribution in [0.3, 0.4) is 0 Å². The molecule has 0 unspecified atom stereocenters. The highest BCUT2D eigenvalue weighted by molar-refractivity contribution is 7.99. The second-order valence-electron chi connectivity index (χ2n) is 5.66. The third-order valence-corrected chi connectivity index (χ3v) is 5.67. The molecule has 2 aromatic carbocycles. The van der Waals surface area contributed by atoms with Gasteiger partial charge in [-0.1, -0.05) is 0 Å². The molecule has 10 heteroatoms. The molecule has 0 saturated carbocycles. The number of hydrogen-bond donors (Lipinski definition) is 1. The summed E-state index contributed by atoms with van der Waals surface area (Å²) in [7, 11) is -3.69. The summed E-state index contributed by atoms with van der Waals surface area (Å²) < 4.78 is 36.1. The molecule has 2 aromatic rings. The molecule has 0 fully saturated rings. The van der Waals surface area contributed by atoms with E-state index in [0.29, 0.717) is 18.7 Å². The summed E-state index contributed by atoms with van der Waals surface area (Å²) in [5, 5.41) is 13.6. The number of nitro groups is 1. The van der Waals surface area contributed by atoms with E-state index in [1.807, 2.05) is 0 Å². The lowest BCUT2D eigenvalue weighted by atomic mass is 10.2. The molecule has 144 valence electrons. The van der Waals surface area contributed by atoms with Crippen molar-refractivity contribution in [2.45, 2.75) is 16.2 Å². The van der Waals surface area contributed by atoms with Gasteiger partial charge in [-0.2, -0.15) is 0 Å². The normalized spacial score (nSPS) is 11.2. The lowest BCUT2D eigenvalue weighted by Crippen LogP contribution is -2.25. The Balaban J connectivity index is 1.94. The van der Waals surface area contributed by atoms with Crippen LogP contribution in [0.2, 0.25) is 0 Å². The predicted octanol–water partition coefficient (Wildman–Crippen LogP) is 3.05. The van der Waals surface area contributed by atoms with Crippen molar-refractivity contribution in [1.82, 2.24) is 5.32 Å². The number of thioether (sulfide) groups is 1. The molecule has 0 aliphatic rings. The Bertz CT molecular complexity index is 946. The lowest BCUT2D eigenvalue weighted by Gasteiger charge is -2.07. The van der Waals surface area contributed by atoms with E-state index in [2.05, 4.69) is 5.32 Å². The summed E-state index contributed by atoms with van der Waals surface area (Å²) in [5.74, 6) is -0.220. The fourth-order valence-corrected chi connectivity index (χ4v) is 3.66. The maximum absolute atomic E-state index is 12.8. The van der Waals surface area contributed by atoms with Crippen LogP contribution in [0.25, 0.3) is 0 Å². The highest BCUT2D eigenvalue weighted by Gasteiger charge is 2.18. The van der Waals surface area contributed by atoms with Crippen molar-refractivity contribution in [3.63, 3.8) is 0 Å². The number of hydrogen-bond acceptors (Lipinski definition) is 6. The van der Waals surface area contributed by atoms with Crippen LogP contribution in [0.4, 0.5) is 10.1 Å². The number of rotatable bonds is 8. The topological polar surface area (TPSA) is 106 Å². The summed E-state index contributed by atoms with van der Waals surface area (Å²) in [6.45, 7) is 0.309. The maximum atomic E-state index is 12.8. The van der Waals surface area contributed by atoms with Crippen molar-refractivity contribution in [1.29, 1.82) is 0 Å². The minimum Gasteiger partial charge on any atom is -0.352 e. The van der Waals surface area contributed by atoms with E-state index in [0.717, 1.165) is 29.4 Å². The molecule has 0 radical (unpaired) electrons. The van der Waals surface area contributed by atoms with Crippen molar-refractivity contribution in [2.75, 3.05) is 18.6 Å². The van der Waals surface area contributed by atoms with Gasteiger partial charge < -0.3 is 5.32 Å². The van der Waals surface area contributed by atoms with Gasteiger partial charge in [0.25, 0.3) is 11.6 Å². The second-order valence-corrected chi connectivity index (χ2v) is 8.84. The van der Waals surface area contributed by atoms with Gasteiger partial charge in [-0.15, -0.1) is 11.8 Å². The van der Waals surface area contributed by atoms with E-state index in [9.17, 15) is 27.7 Å². The molecule has 2 rings (SSSR count). The Hall–Kier alpha value is -2.46. The number of nitrogens with one attached hydrogen (secondary N) is 1. The number of nitro benzene ring substituents is 1. The van der Waals surface area contributed by atoms with Crippen LogP contribution >= 0.6 is 11.8 Å². The first-order valence-electron chi connectivity index (χ1n) is 7.83. The molecule has 0 aliphatic heterocycles. The zero-order valence-electron chi connectivity index (χ0n) is 14.3. The number of carbonyl (C=O) groups is 1. The van der Waals surface area contributed by atoms with Crippen LogP contribution in [-0.4, -0.2) is 37.8 Å². The van der Waals surface area contributed by atoms with Crippen molar-refractivity contribution in [3.8, 4) is 0 Å². The number of halogens is 1. The van der Waals surface area contributed by atoms with Crippen LogP contribution in [0.15, 0.2) is 52.3 Å². The summed E-state index contributed by atoms with van der Waals surface area (Å²) >= 11 is 1.50. The van der Waals surface area contributed by atoms with Crippen molar-refractivity contribution < 1.29 is 22.5 Å². The Morgan fingerprint density at radius 1 is 1.22 bits per heavy atom. The standard InChI is InChI=1S/C17H17FN2O5S2/c1-27(24,25)16-10-12(9-14(11-16)20(22)23)17(21)19-7-2-8-26-15-5-3-13(18)4-6-15/h3-6,9-11H,2,7-8H2,1H3,(H,19,21). The maximum Gasteiger partial charge on any atom is 0.271 e. The first-order valence-corrected chi connectivity index (χ1v) is 10.7. The zero-order chi connectivity index (χ0) is 20.0. The molecule has 0 heterocycles. The van der Waals surface area contributed by atoms with Crippen LogP contribution in [-0.2, 0) is 9.84 Å². The number of amides is 1. The fraction of sp³-hybridized carbons (Fsp3) is 0.235.